The minimum atomic E-state index is -4.04. The van der Waals surface area contributed by atoms with Gasteiger partial charge >= 0.3 is 5.97 Å². The van der Waals surface area contributed by atoms with Crippen molar-refractivity contribution in [3.05, 3.63) is 23.8 Å². The van der Waals surface area contributed by atoms with Crippen molar-refractivity contribution in [1.29, 1.82) is 0 Å². The lowest BCUT2D eigenvalue weighted by Crippen LogP contribution is -2.41. The van der Waals surface area contributed by atoms with Gasteiger partial charge in [0.05, 0.1) is 0 Å². The van der Waals surface area contributed by atoms with E-state index in [0.717, 1.165) is 42.0 Å². The number of hydrogen-bond donors (Lipinski definition) is 2. The molecule has 3 atom stereocenters. The van der Waals surface area contributed by atoms with Crippen LogP contribution in [0.15, 0.2) is 23.1 Å². The molecule has 1 heterocycles. The molecule has 2 aliphatic carbocycles. The Balaban J connectivity index is 0.00000380. The van der Waals surface area contributed by atoms with E-state index in [-0.39, 0.29) is 60.5 Å². The number of carboxylic acid groups (broad SMARTS) is 1. The first-order valence-electron chi connectivity index (χ1n) is 13.2. The number of benzene rings is 1. The van der Waals surface area contributed by atoms with Crippen molar-refractivity contribution in [3.8, 4) is 5.75 Å². The molecule has 2 N–H and O–H groups in total. The highest BCUT2D eigenvalue weighted by Gasteiger charge is 2.41. The zero-order chi connectivity index (χ0) is 25.9. The van der Waals surface area contributed by atoms with Crippen LogP contribution in [0, 0.1) is 12.8 Å². The van der Waals surface area contributed by atoms with Crippen molar-refractivity contribution in [2.75, 3.05) is 13.1 Å². The second kappa shape index (κ2) is 12.6. The number of aliphatic carboxylic acids is 1. The molecule has 1 saturated heterocycles. The molecule has 37 heavy (non-hydrogen) atoms. The molecule has 4 rings (SSSR count). The molecule has 1 aromatic rings. The van der Waals surface area contributed by atoms with Gasteiger partial charge in [0.2, 0.25) is 15.9 Å². The fourth-order valence-electron chi connectivity index (χ4n) is 5.86. The number of alkyl halides is 2. The first-order chi connectivity index (χ1) is 17.1. The Kier molecular flexibility index (Phi) is 10.2. The van der Waals surface area contributed by atoms with E-state index >= 15 is 0 Å². The molecule has 3 aliphatic rings. The van der Waals surface area contributed by atoms with E-state index in [1.54, 1.807) is 12.1 Å². The van der Waals surface area contributed by atoms with Gasteiger partial charge in [-0.15, -0.1) is 12.4 Å². The van der Waals surface area contributed by atoms with Gasteiger partial charge in [0.25, 0.3) is 0 Å². The molecule has 0 unspecified atom stereocenters. The molecule has 1 aromatic carbocycles. The van der Waals surface area contributed by atoms with Crippen molar-refractivity contribution in [1.82, 2.24) is 9.62 Å². The minimum Gasteiger partial charge on any atom is -0.489 e. The fraction of sp³-hybridized carbons (Fsp3) is 0.731. The molecular weight excluding hydrogens is 526 g/mol. The summed E-state index contributed by atoms with van der Waals surface area (Å²) in [6, 6.07) is 4.02. The highest BCUT2D eigenvalue weighted by Crippen LogP contribution is 2.37. The van der Waals surface area contributed by atoms with E-state index in [4.69, 9.17) is 4.74 Å². The Morgan fingerprint density at radius 3 is 2.54 bits per heavy atom. The topological polar surface area (TPSA) is 95.9 Å². The van der Waals surface area contributed by atoms with Gasteiger partial charge in [-0.05, 0) is 88.4 Å². The first kappa shape index (κ1) is 30.1. The summed E-state index contributed by atoms with van der Waals surface area (Å²) in [7, 11) is -4.04. The van der Waals surface area contributed by atoms with E-state index in [9.17, 15) is 27.1 Å². The average molecular weight is 565 g/mol. The summed E-state index contributed by atoms with van der Waals surface area (Å²) >= 11 is 0. The van der Waals surface area contributed by atoms with Crippen molar-refractivity contribution in [3.63, 3.8) is 0 Å². The molecule has 3 fully saturated rings. The molecule has 1 aliphatic heterocycles. The van der Waals surface area contributed by atoms with Crippen LogP contribution in [0.4, 0.5) is 8.78 Å². The van der Waals surface area contributed by atoms with E-state index < -0.39 is 28.0 Å². The maximum atomic E-state index is 13.5. The summed E-state index contributed by atoms with van der Waals surface area (Å²) in [6.45, 7) is 2.76. The lowest BCUT2D eigenvalue weighted by molar-refractivity contribution is -0.140. The highest BCUT2D eigenvalue weighted by atomic mass is 35.5. The van der Waals surface area contributed by atoms with Crippen LogP contribution in [-0.2, 0) is 14.8 Å². The van der Waals surface area contributed by atoms with Crippen LogP contribution in [0.25, 0.3) is 0 Å². The molecule has 0 bridgehead atoms. The molecule has 7 nitrogen and oxygen atoms in total. The number of carboxylic acids is 1. The number of halogens is 3. The molecule has 0 radical (unpaired) electrons. The van der Waals surface area contributed by atoms with Crippen molar-refractivity contribution in [2.45, 2.75) is 107 Å². The largest absolute Gasteiger partial charge is 0.489 e. The van der Waals surface area contributed by atoms with Crippen molar-refractivity contribution < 1.29 is 31.8 Å². The Labute approximate surface area is 224 Å². The molecular formula is C26H39ClF2N2O5S. The first-order valence-corrected chi connectivity index (χ1v) is 14.6. The number of nitrogens with zero attached hydrogens (tertiary/aromatic N) is 1. The van der Waals surface area contributed by atoms with Crippen molar-refractivity contribution >= 4 is 28.4 Å². The van der Waals surface area contributed by atoms with Crippen LogP contribution in [0.2, 0.25) is 0 Å². The van der Waals surface area contributed by atoms with Gasteiger partial charge in [-0.3, -0.25) is 4.79 Å². The normalized spacial score (nSPS) is 26.9. The molecule has 0 spiro atoms. The molecule has 11 heteroatoms. The van der Waals surface area contributed by atoms with Crippen LogP contribution in [0.3, 0.4) is 0 Å². The number of hydrogen-bond acceptors (Lipinski definition) is 5. The van der Waals surface area contributed by atoms with Crippen LogP contribution in [0.5, 0.6) is 5.75 Å². The smallest absolute Gasteiger partial charge is 0.322 e. The second-order valence-electron chi connectivity index (χ2n) is 10.6. The molecule has 0 amide bonds. The number of sulfonamides is 1. The third kappa shape index (κ3) is 7.34. The maximum absolute atomic E-state index is 13.5. The maximum Gasteiger partial charge on any atom is 0.322 e. The predicted octanol–water partition coefficient (Wildman–Crippen LogP) is 5.15. The minimum absolute atomic E-state index is 0. The Morgan fingerprint density at radius 1 is 1.14 bits per heavy atom. The third-order valence-electron chi connectivity index (χ3n) is 7.96. The average Bonchev–Trinajstić information content (AvgIpc) is 3.33. The summed E-state index contributed by atoms with van der Waals surface area (Å²) in [5, 5.41) is 13.0. The standard InChI is InChI=1S/C26H38F2N2O5S.ClH/c1-18-8-9-24(36(33,34)30-16-4-6-21(30)25(31)32)23(17-18)35-22-7-3-2-5-19(22)12-15-29-20-10-13-26(27,28)14-11-20;/h8-9,17,19-22,29H,2-7,10-16H2,1H3,(H,31,32);1H/t19-,21-,22+;/m0./s1. The van der Waals surface area contributed by atoms with Crippen LogP contribution in [-0.4, -0.2) is 61.0 Å². The SMILES string of the molecule is Cc1ccc(S(=O)(=O)N2CCC[C@H]2C(=O)O)c(O[C@@H]2CCCC[C@H]2CCNC2CCC(F)(F)CC2)c1.Cl. The van der Waals surface area contributed by atoms with Crippen molar-refractivity contribution in [2.24, 2.45) is 5.92 Å². The second-order valence-corrected chi connectivity index (χ2v) is 12.5. The summed E-state index contributed by atoms with van der Waals surface area (Å²) in [5.41, 5.74) is 0.864. The van der Waals surface area contributed by atoms with E-state index in [1.165, 1.54) is 6.07 Å². The zero-order valence-corrected chi connectivity index (χ0v) is 23.0. The van der Waals surface area contributed by atoms with Gasteiger partial charge in [0.1, 0.15) is 22.8 Å². The molecule has 2 saturated carbocycles. The van der Waals surface area contributed by atoms with Gasteiger partial charge < -0.3 is 15.2 Å². The molecule has 210 valence electrons. The third-order valence-corrected chi connectivity index (χ3v) is 9.91. The Hall–Kier alpha value is -1.49. The van der Waals surface area contributed by atoms with Gasteiger partial charge in [-0.1, -0.05) is 12.5 Å². The number of nitrogens with one attached hydrogen (secondary N) is 1. The quantitative estimate of drug-likeness (QED) is 0.431. The summed E-state index contributed by atoms with van der Waals surface area (Å²) in [6.07, 6.45) is 6.17. The number of ether oxygens (including phenoxy) is 1. The lowest BCUT2D eigenvalue weighted by atomic mass is 9.84. The van der Waals surface area contributed by atoms with Gasteiger partial charge in [-0.25, -0.2) is 17.2 Å². The predicted molar refractivity (Wildman–Crippen MR) is 139 cm³/mol. The summed E-state index contributed by atoms with van der Waals surface area (Å²) in [4.78, 5) is 11.7. The summed E-state index contributed by atoms with van der Waals surface area (Å²) in [5.74, 6) is -3.16. The number of carbonyl (C=O) groups is 1. The van der Waals surface area contributed by atoms with E-state index in [2.05, 4.69) is 5.32 Å². The van der Waals surface area contributed by atoms with E-state index in [0.29, 0.717) is 32.2 Å². The molecule has 0 aromatic heterocycles. The lowest BCUT2D eigenvalue weighted by Gasteiger charge is -2.34. The van der Waals surface area contributed by atoms with Gasteiger partial charge in [0.15, 0.2) is 0 Å². The van der Waals surface area contributed by atoms with Crippen LogP contribution >= 0.6 is 12.4 Å². The monoisotopic (exact) mass is 564 g/mol. The number of aryl methyl sites for hydroxylation is 1. The van der Waals surface area contributed by atoms with Crippen LogP contribution in [0.1, 0.15) is 76.2 Å². The fourth-order valence-corrected chi connectivity index (χ4v) is 7.61. The Bertz CT molecular complexity index is 1030. The van der Waals surface area contributed by atoms with Gasteiger partial charge in [0, 0.05) is 25.4 Å². The zero-order valence-electron chi connectivity index (χ0n) is 21.3. The van der Waals surface area contributed by atoms with Crippen LogP contribution < -0.4 is 10.1 Å². The number of rotatable bonds is 9. The van der Waals surface area contributed by atoms with Gasteiger partial charge in [-0.2, -0.15) is 4.31 Å². The summed E-state index contributed by atoms with van der Waals surface area (Å²) < 4.78 is 61.4. The van der Waals surface area contributed by atoms with E-state index in [1.807, 2.05) is 6.92 Å². The Morgan fingerprint density at radius 2 is 1.84 bits per heavy atom. The highest BCUT2D eigenvalue weighted by molar-refractivity contribution is 7.89.